The first kappa shape index (κ1) is 14.9. The van der Waals surface area contributed by atoms with Crippen molar-refractivity contribution in [3.63, 3.8) is 0 Å². The van der Waals surface area contributed by atoms with Crippen molar-refractivity contribution in [2.24, 2.45) is 0 Å². The van der Waals surface area contributed by atoms with Gasteiger partial charge < -0.3 is 14.5 Å². The number of ether oxygens (including phenoxy) is 1. The molecule has 0 fully saturated rings. The molecule has 4 heteroatoms. The molecule has 20 heavy (non-hydrogen) atoms. The maximum Gasteiger partial charge on any atom is 0.137 e. The molecule has 0 aliphatic carbocycles. The lowest BCUT2D eigenvalue weighted by Gasteiger charge is -2.19. The van der Waals surface area contributed by atoms with E-state index in [2.05, 4.69) is 19.2 Å². The maximum absolute atomic E-state index is 6.10. The molecule has 2 rings (SSSR count). The van der Waals surface area contributed by atoms with E-state index in [-0.39, 0.29) is 6.04 Å². The lowest BCUT2D eigenvalue weighted by Crippen LogP contribution is -2.22. The standard InChI is InChI=1S/C16H20ClNO2/c1-4-14-12(8-9-20-14)16(18-5-2)11-6-7-13(17)15(10-11)19-3/h6-10,16,18H,4-5H2,1-3H3. The molecule has 0 amide bonds. The van der Waals surface area contributed by atoms with Crippen molar-refractivity contribution in [1.82, 2.24) is 5.32 Å². The molecule has 0 aliphatic rings. The topological polar surface area (TPSA) is 34.4 Å². The van der Waals surface area contributed by atoms with Gasteiger partial charge in [-0.3, -0.25) is 0 Å². The van der Waals surface area contributed by atoms with E-state index in [1.807, 2.05) is 24.3 Å². The predicted molar refractivity (Wildman–Crippen MR) is 81.6 cm³/mol. The van der Waals surface area contributed by atoms with Crippen LogP contribution in [0.1, 0.15) is 36.8 Å². The Morgan fingerprint density at radius 1 is 1.30 bits per heavy atom. The summed E-state index contributed by atoms with van der Waals surface area (Å²) >= 11 is 6.10. The number of furan rings is 1. The molecule has 0 saturated heterocycles. The van der Waals surface area contributed by atoms with Gasteiger partial charge in [-0.15, -0.1) is 0 Å². The highest BCUT2D eigenvalue weighted by Gasteiger charge is 2.19. The summed E-state index contributed by atoms with van der Waals surface area (Å²) in [4.78, 5) is 0. The molecular formula is C16H20ClNO2. The molecule has 1 atom stereocenters. The van der Waals surface area contributed by atoms with Crippen LogP contribution in [-0.2, 0) is 6.42 Å². The Labute approximate surface area is 124 Å². The normalized spacial score (nSPS) is 12.4. The van der Waals surface area contributed by atoms with E-state index < -0.39 is 0 Å². The number of rotatable bonds is 6. The van der Waals surface area contributed by atoms with Crippen LogP contribution in [0.5, 0.6) is 5.75 Å². The van der Waals surface area contributed by atoms with Crippen molar-refractivity contribution >= 4 is 11.6 Å². The van der Waals surface area contributed by atoms with Gasteiger partial charge in [0.25, 0.3) is 0 Å². The van der Waals surface area contributed by atoms with E-state index in [0.717, 1.165) is 24.3 Å². The van der Waals surface area contributed by atoms with Crippen LogP contribution >= 0.6 is 11.6 Å². The molecule has 2 aromatic rings. The first-order valence-electron chi connectivity index (χ1n) is 6.84. The van der Waals surface area contributed by atoms with Gasteiger partial charge in [0.1, 0.15) is 11.5 Å². The number of hydrogen-bond donors (Lipinski definition) is 1. The minimum Gasteiger partial charge on any atom is -0.495 e. The zero-order valence-corrected chi connectivity index (χ0v) is 12.8. The molecule has 1 N–H and O–H groups in total. The Morgan fingerprint density at radius 2 is 2.10 bits per heavy atom. The molecule has 1 unspecified atom stereocenters. The van der Waals surface area contributed by atoms with Crippen LogP contribution in [0.25, 0.3) is 0 Å². The molecule has 1 aromatic carbocycles. The van der Waals surface area contributed by atoms with Crippen molar-refractivity contribution in [3.8, 4) is 5.75 Å². The fraction of sp³-hybridized carbons (Fsp3) is 0.375. The van der Waals surface area contributed by atoms with E-state index in [0.29, 0.717) is 10.8 Å². The van der Waals surface area contributed by atoms with Crippen molar-refractivity contribution < 1.29 is 9.15 Å². The summed E-state index contributed by atoms with van der Waals surface area (Å²) in [6.45, 7) is 5.05. The van der Waals surface area contributed by atoms with Crippen LogP contribution < -0.4 is 10.1 Å². The highest BCUT2D eigenvalue weighted by Crippen LogP contribution is 2.32. The van der Waals surface area contributed by atoms with Crippen molar-refractivity contribution in [1.29, 1.82) is 0 Å². The van der Waals surface area contributed by atoms with Gasteiger partial charge in [-0.05, 0) is 30.3 Å². The number of halogens is 1. The highest BCUT2D eigenvalue weighted by atomic mass is 35.5. The van der Waals surface area contributed by atoms with Crippen LogP contribution in [-0.4, -0.2) is 13.7 Å². The first-order chi connectivity index (χ1) is 9.71. The average Bonchev–Trinajstić information content (AvgIpc) is 2.93. The summed E-state index contributed by atoms with van der Waals surface area (Å²) in [5, 5.41) is 4.11. The van der Waals surface area contributed by atoms with Gasteiger partial charge in [0.15, 0.2) is 0 Å². The fourth-order valence-electron chi connectivity index (χ4n) is 2.36. The molecule has 3 nitrogen and oxygen atoms in total. The van der Waals surface area contributed by atoms with Gasteiger partial charge in [-0.1, -0.05) is 31.5 Å². The SMILES string of the molecule is CCNC(c1ccc(Cl)c(OC)c1)c1ccoc1CC. The zero-order chi connectivity index (χ0) is 14.5. The number of methoxy groups -OCH3 is 1. The minimum atomic E-state index is 0.0832. The summed E-state index contributed by atoms with van der Waals surface area (Å²) in [6.07, 6.45) is 2.61. The van der Waals surface area contributed by atoms with Gasteiger partial charge in [-0.2, -0.15) is 0 Å². The van der Waals surface area contributed by atoms with Gasteiger partial charge in [0.2, 0.25) is 0 Å². The van der Waals surface area contributed by atoms with Crippen molar-refractivity contribution in [3.05, 3.63) is 52.4 Å². The average molecular weight is 294 g/mol. The summed E-state index contributed by atoms with van der Waals surface area (Å²) in [7, 11) is 1.63. The smallest absolute Gasteiger partial charge is 0.137 e. The van der Waals surface area contributed by atoms with Crippen LogP contribution in [0.2, 0.25) is 5.02 Å². The second kappa shape index (κ2) is 6.82. The van der Waals surface area contributed by atoms with Crippen LogP contribution in [0, 0.1) is 0 Å². The second-order valence-electron chi connectivity index (χ2n) is 4.54. The lowest BCUT2D eigenvalue weighted by atomic mass is 9.98. The predicted octanol–water partition coefficient (Wildman–Crippen LogP) is 4.20. The van der Waals surface area contributed by atoms with Crippen molar-refractivity contribution in [2.45, 2.75) is 26.3 Å². The van der Waals surface area contributed by atoms with E-state index in [1.54, 1.807) is 13.4 Å². The van der Waals surface area contributed by atoms with Gasteiger partial charge in [0, 0.05) is 12.0 Å². The molecule has 1 aromatic heterocycles. The summed E-state index contributed by atoms with van der Waals surface area (Å²) in [5.74, 6) is 1.69. The fourth-order valence-corrected chi connectivity index (χ4v) is 2.56. The Hall–Kier alpha value is -1.45. The Kier molecular flexibility index (Phi) is 5.10. The van der Waals surface area contributed by atoms with Gasteiger partial charge in [-0.25, -0.2) is 0 Å². The Bertz CT molecular complexity index is 565. The third-order valence-corrected chi connectivity index (χ3v) is 3.64. The molecule has 1 heterocycles. The number of aryl methyl sites for hydroxylation is 1. The maximum atomic E-state index is 6.10. The van der Waals surface area contributed by atoms with Crippen LogP contribution in [0.15, 0.2) is 34.9 Å². The Balaban J connectivity index is 2.43. The molecule has 0 bridgehead atoms. The first-order valence-corrected chi connectivity index (χ1v) is 7.22. The number of nitrogens with one attached hydrogen (secondary N) is 1. The number of hydrogen-bond acceptors (Lipinski definition) is 3. The highest BCUT2D eigenvalue weighted by molar-refractivity contribution is 6.32. The lowest BCUT2D eigenvalue weighted by molar-refractivity contribution is 0.413. The van der Waals surface area contributed by atoms with E-state index in [1.165, 1.54) is 5.56 Å². The molecule has 0 aliphatic heterocycles. The van der Waals surface area contributed by atoms with Gasteiger partial charge in [0.05, 0.1) is 24.4 Å². The van der Waals surface area contributed by atoms with Crippen LogP contribution in [0.3, 0.4) is 0 Å². The largest absolute Gasteiger partial charge is 0.495 e. The summed E-state index contributed by atoms with van der Waals surface area (Å²) in [5.41, 5.74) is 2.28. The summed E-state index contributed by atoms with van der Waals surface area (Å²) < 4.78 is 10.9. The molecule has 0 radical (unpaired) electrons. The van der Waals surface area contributed by atoms with Crippen molar-refractivity contribution in [2.75, 3.05) is 13.7 Å². The van der Waals surface area contributed by atoms with E-state index >= 15 is 0 Å². The quantitative estimate of drug-likeness (QED) is 0.866. The molecule has 0 saturated carbocycles. The third kappa shape index (κ3) is 3.00. The molecule has 108 valence electrons. The number of benzene rings is 1. The third-order valence-electron chi connectivity index (χ3n) is 3.33. The minimum absolute atomic E-state index is 0.0832. The summed E-state index contributed by atoms with van der Waals surface area (Å²) in [6, 6.07) is 7.96. The Morgan fingerprint density at radius 3 is 2.75 bits per heavy atom. The van der Waals surface area contributed by atoms with Crippen LogP contribution in [0.4, 0.5) is 0 Å². The molecule has 0 spiro atoms. The molecular weight excluding hydrogens is 274 g/mol. The van der Waals surface area contributed by atoms with E-state index in [4.69, 9.17) is 20.8 Å². The second-order valence-corrected chi connectivity index (χ2v) is 4.94. The monoisotopic (exact) mass is 293 g/mol. The van der Waals surface area contributed by atoms with E-state index in [9.17, 15) is 0 Å². The van der Waals surface area contributed by atoms with Gasteiger partial charge >= 0.3 is 0 Å². The zero-order valence-electron chi connectivity index (χ0n) is 12.1.